The highest BCUT2D eigenvalue weighted by molar-refractivity contribution is 8.00. The van der Waals surface area contributed by atoms with Crippen molar-refractivity contribution in [3.05, 3.63) is 40.3 Å². The normalized spacial score (nSPS) is 18.0. The minimum atomic E-state index is -0.330. The van der Waals surface area contributed by atoms with Crippen LogP contribution in [0.5, 0.6) is 0 Å². The van der Waals surface area contributed by atoms with Gasteiger partial charge in [0.25, 0.3) is 0 Å². The van der Waals surface area contributed by atoms with E-state index in [1.165, 1.54) is 16.2 Å². The SMILES string of the molecule is CCOC(=O)c1c(NC(=O)N2CC(CC)Sc3ccccc32)sc2c1CCCC2. The summed E-state index contributed by atoms with van der Waals surface area (Å²) in [5, 5.41) is 4.04. The van der Waals surface area contributed by atoms with Crippen molar-refractivity contribution >= 4 is 45.8 Å². The number of aryl methyl sites for hydroxylation is 1. The molecular formula is C22H26N2O3S2. The average molecular weight is 431 g/mol. The van der Waals surface area contributed by atoms with Gasteiger partial charge in [-0.3, -0.25) is 10.2 Å². The van der Waals surface area contributed by atoms with Crippen LogP contribution >= 0.6 is 23.1 Å². The lowest BCUT2D eigenvalue weighted by Gasteiger charge is -2.33. The summed E-state index contributed by atoms with van der Waals surface area (Å²) in [6.45, 7) is 4.94. The van der Waals surface area contributed by atoms with Crippen molar-refractivity contribution in [1.82, 2.24) is 0 Å². The van der Waals surface area contributed by atoms with E-state index in [0.717, 1.165) is 48.3 Å². The van der Waals surface area contributed by atoms with Crippen molar-refractivity contribution in [2.75, 3.05) is 23.4 Å². The first-order valence-corrected chi connectivity index (χ1v) is 12.0. The van der Waals surface area contributed by atoms with Crippen LogP contribution in [0.3, 0.4) is 0 Å². The molecule has 2 heterocycles. The number of thiophene rings is 1. The van der Waals surface area contributed by atoms with Crippen molar-refractivity contribution in [1.29, 1.82) is 0 Å². The number of fused-ring (bicyclic) bond motifs is 2. The topological polar surface area (TPSA) is 58.6 Å². The number of nitrogens with zero attached hydrogens (tertiary/aromatic N) is 1. The molecule has 1 aromatic heterocycles. The predicted octanol–water partition coefficient (Wildman–Crippen LogP) is 5.73. The van der Waals surface area contributed by atoms with Crippen molar-refractivity contribution in [2.24, 2.45) is 0 Å². The summed E-state index contributed by atoms with van der Waals surface area (Å²) in [5.74, 6) is -0.330. The first-order chi connectivity index (χ1) is 14.1. The Hall–Kier alpha value is -1.99. The second-order valence-corrected chi connectivity index (χ2v) is 9.74. The predicted molar refractivity (Wildman–Crippen MR) is 120 cm³/mol. The van der Waals surface area contributed by atoms with Gasteiger partial charge in [0.1, 0.15) is 5.00 Å². The maximum atomic E-state index is 13.3. The van der Waals surface area contributed by atoms with Crippen LogP contribution in [-0.2, 0) is 17.6 Å². The van der Waals surface area contributed by atoms with E-state index in [0.29, 0.717) is 29.0 Å². The number of hydrogen-bond acceptors (Lipinski definition) is 5. The standard InChI is InChI=1S/C22H26N2O3S2/c1-3-14-13-24(16-10-6-8-12-18(16)28-14)22(26)23-20-19(21(25)27-4-2)15-9-5-7-11-17(15)29-20/h6,8,10,12,14H,3-5,7,9,11,13H2,1-2H3,(H,23,26). The van der Waals surface area contributed by atoms with E-state index in [1.807, 2.05) is 41.8 Å². The zero-order chi connectivity index (χ0) is 20.4. The Morgan fingerprint density at radius 3 is 2.79 bits per heavy atom. The number of carbonyl (C=O) groups is 2. The summed E-state index contributed by atoms with van der Waals surface area (Å²) >= 11 is 3.36. The number of hydrogen-bond donors (Lipinski definition) is 1. The van der Waals surface area contributed by atoms with Gasteiger partial charge in [0.15, 0.2) is 0 Å². The molecule has 7 heteroatoms. The Morgan fingerprint density at radius 1 is 1.21 bits per heavy atom. The molecule has 0 bridgehead atoms. The van der Waals surface area contributed by atoms with Gasteiger partial charge in [-0.25, -0.2) is 9.59 Å². The fraction of sp³-hybridized carbons (Fsp3) is 0.455. The first-order valence-electron chi connectivity index (χ1n) is 10.3. The molecule has 1 aromatic carbocycles. The number of rotatable bonds is 4. The molecule has 2 amide bonds. The average Bonchev–Trinajstić information content (AvgIpc) is 3.10. The van der Waals surface area contributed by atoms with Gasteiger partial charge in [-0.1, -0.05) is 19.1 Å². The second-order valence-electron chi connectivity index (χ2n) is 7.29. The Bertz CT molecular complexity index is 925. The van der Waals surface area contributed by atoms with Gasteiger partial charge in [-0.15, -0.1) is 23.1 Å². The van der Waals surface area contributed by atoms with E-state index in [1.54, 1.807) is 0 Å². The van der Waals surface area contributed by atoms with Crippen molar-refractivity contribution in [3.8, 4) is 0 Å². The molecule has 1 aliphatic heterocycles. The molecule has 0 radical (unpaired) electrons. The quantitative estimate of drug-likeness (QED) is 0.630. The Labute approximate surface area is 179 Å². The third kappa shape index (κ3) is 4.03. The Balaban J connectivity index is 1.65. The van der Waals surface area contributed by atoms with Crippen LogP contribution in [0.4, 0.5) is 15.5 Å². The molecule has 154 valence electrons. The molecule has 1 atom stereocenters. The van der Waals surface area contributed by atoms with E-state index < -0.39 is 0 Å². The minimum absolute atomic E-state index is 0.180. The Kier molecular flexibility index (Phi) is 6.15. The summed E-state index contributed by atoms with van der Waals surface area (Å²) in [5.41, 5.74) is 2.56. The second kappa shape index (κ2) is 8.79. The number of amides is 2. The van der Waals surface area contributed by atoms with Crippen molar-refractivity contribution < 1.29 is 14.3 Å². The van der Waals surface area contributed by atoms with Crippen LogP contribution in [0.2, 0.25) is 0 Å². The van der Waals surface area contributed by atoms with Crippen LogP contribution in [0.1, 0.15) is 53.9 Å². The zero-order valence-corrected chi connectivity index (χ0v) is 18.5. The van der Waals surface area contributed by atoms with E-state index in [2.05, 4.69) is 18.3 Å². The van der Waals surface area contributed by atoms with Crippen LogP contribution in [-0.4, -0.2) is 30.4 Å². The number of para-hydroxylation sites is 1. The molecule has 0 saturated carbocycles. The number of urea groups is 1. The number of thioether (sulfide) groups is 1. The van der Waals surface area contributed by atoms with Gasteiger partial charge < -0.3 is 4.74 Å². The van der Waals surface area contributed by atoms with Crippen LogP contribution in [0.15, 0.2) is 29.2 Å². The lowest BCUT2D eigenvalue weighted by molar-refractivity contribution is 0.0526. The molecule has 4 rings (SSSR count). The summed E-state index contributed by atoms with van der Waals surface area (Å²) < 4.78 is 5.31. The lowest BCUT2D eigenvalue weighted by atomic mass is 9.95. The van der Waals surface area contributed by atoms with Crippen molar-refractivity contribution in [3.63, 3.8) is 0 Å². The molecule has 1 unspecified atom stereocenters. The number of anilines is 2. The molecule has 1 N–H and O–H groups in total. The fourth-order valence-corrected chi connectivity index (χ4v) is 6.41. The molecule has 29 heavy (non-hydrogen) atoms. The maximum Gasteiger partial charge on any atom is 0.341 e. The molecule has 0 spiro atoms. The first kappa shape index (κ1) is 20.3. The fourth-order valence-electron chi connectivity index (χ4n) is 3.94. The molecule has 2 aliphatic rings. The zero-order valence-electron chi connectivity index (χ0n) is 16.8. The molecule has 2 aromatic rings. The number of nitrogens with one attached hydrogen (secondary N) is 1. The van der Waals surface area contributed by atoms with Gasteiger partial charge in [-0.2, -0.15) is 0 Å². The molecule has 0 saturated heterocycles. The molecular weight excluding hydrogens is 404 g/mol. The van der Waals surface area contributed by atoms with E-state index in [4.69, 9.17) is 4.74 Å². The van der Waals surface area contributed by atoms with Gasteiger partial charge in [-0.05, 0) is 56.7 Å². The summed E-state index contributed by atoms with van der Waals surface area (Å²) in [6, 6.07) is 7.84. The van der Waals surface area contributed by atoms with Gasteiger partial charge in [0.2, 0.25) is 0 Å². The number of carbonyl (C=O) groups excluding carboxylic acids is 2. The number of ether oxygens (including phenoxy) is 1. The van der Waals surface area contributed by atoms with Gasteiger partial charge in [0.05, 0.1) is 17.9 Å². The highest BCUT2D eigenvalue weighted by Gasteiger charge is 2.31. The summed E-state index contributed by atoms with van der Waals surface area (Å²) in [7, 11) is 0. The smallest absolute Gasteiger partial charge is 0.341 e. The largest absolute Gasteiger partial charge is 0.462 e. The van der Waals surface area contributed by atoms with E-state index in [-0.39, 0.29) is 12.0 Å². The van der Waals surface area contributed by atoms with E-state index in [9.17, 15) is 9.59 Å². The molecule has 1 aliphatic carbocycles. The maximum absolute atomic E-state index is 13.3. The highest BCUT2D eigenvalue weighted by atomic mass is 32.2. The summed E-state index contributed by atoms with van der Waals surface area (Å²) in [4.78, 5) is 30.1. The number of benzene rings is 1. The lowest BCUT2D eigenvalue weighted by Crippen LogP contribution is -2.42. The van der Waals surface area contributed by atoms with Gasteiger partial charge >= 0.3 is 12.0 Å². The van der Waals surface area contributed by atoms with Gasteiger partial charge in [0, 0.05) is 21.6 Å². The molecule has 0 fully saturated rings. The third-order valence-corrected chi connectivity index (χ3v) is 8.03. The summed E-state index contributed by atoms with van der Waals surface area (Å²) in [6.07, 6.45) is 5.01. The molecule has 5 nitrogen and oxygen atoms in total. The third-order valence-electron chi connectivity index (χ3n) is 5.41. The Morgan fingerprint density at radius 2 is 2.00 bits per heavy atom. The van der Waals surface area contributed by atoms with Crippen molar-refractivity contribution in [2.45, 2.75) is 56.1 Å². The van der Waals surface area contributed by atoms with Crippen LogP contribution in [0, 0.1) is 0 Å². The van der Waals surface area contributed by atoms with Crippen LogP contribution in [0.25, 0.3) is 0 Å². The minimum Gasteiger partial charge on any atom is -0.462 e. The number of esters is 1. The monoisotopic (exact) mass is 430 g/mol. The van der Waals surface area contributed by atoms with Crippen LogP contribution < -0.4 is 10.2 Å². The highest BCUT2D eigenvalue weighted by Crippen LogP contribution is 2.41. The van der Waals surface area contributed by atoms with E-state index >= 15 is 0 Å².